The molecule has 0 atom stereocenters. The van der Waals surface area contributed by atoms with Crippen LogP contribution in [-0.2, 0) is 19.4 Å². The average molecular weight is 242 g/mol. The molecule has 0 amide bonds. The summed E-state index contributed by atoms with van der Waals surface area (Å²) < 4.78 is 18.6. The Hall–Kier alpha value is -1.83. The maximum Gasteiger partial charge on any atom is 0.126 e. The Morgan fingerprint density at radius 1 is 1.00 bits per heavy atom. The van der Waals surface area contributed by atoms with Crippen LogP contribution in [-0.4, -0.2) is 0 Å². The second-order valence-corrected chi connectivity index (χ2v) is 4.70. The molecule has 2 heteroatoms. The summed E-state index contributed by atoms with van der Waals surface area (Å²) in [6.07, 6.45) is 3.62. The summed E-state index contributed by atoms with van der Waals surface area (Å²) in [5.41, 5.74) is 4.06. The van der Waals surface area contributed by atoms with E-state index in [-0.39, 0.29) is 5.82 Å². The number of hydrogen-bond donors (Lipinski definition) is 0. The predicted octanol–water partition coefficient (Wildman–Crippen LogP) is 3.89. The van der Waals surface area contributed by atoms with E-state index >= 15 is 0 Å². The number of halogens is 1. The summed E-state index contributed by atoms with van der Waals surface area (Å²) >= 11 is 0. The SMILES string of the molecule is Fc1cccc(OCc2ccc3c(c2)CCC3)c1. The van der Waals surface area contributed by atoms with Gasteiger partial charge < -0.3 is 4.74 Å². The van der Waals surface area contributed by atoms with Gasteiger partial charge in [-0.05, 0) is 48.1 Å². The molecule has 0 N–H and O–H groups in total. The molecule has 0 heterocycles. The molecule has 0 fully saturated rings. The smallest absolute Gasteiger partial charge is 0.126 e. The van der Waals surface area contributed by atoms with Gasteiger partial charge in [0, 0.05) is 6.07 Å². The maximum atomic E-state index is 13.0. The topological polar surface area (TPSA) is 9.23 Å². The zero-order valence-electron chi connectivity index (χ0n) is 10.2. The van der Waals surface area contributed by atoms with Crippen molar-refractivity contribution in [1.82, 2.24) is 0 Å². The Labute approximate surface area is 106 Å². The standard InChI is InChI=1S/C16H15FO/c17-15-5-2-6-16(10-15)18-11-12-7-8-13-3-1-4-14(13)9-12/h2,5-10H,1,3-4,11H2. The van der Waals surface area contributed by atoms with E-state index in [0.29, 0.717) is 12.4 Å². The normalized spacial score (nSPS) is 13.4. The Morgan fingerprint density at radius 2 is 1.89 bits per heavy atom. The molecule has 0 aromatic heterocycles. The zero-order chi connectivity index (χ0) is 12.4. The first kappa shape index (κ1) is 11.3. The van der Waals surface area contributed by atoms with Gasteiger partial charge in [0.2, 0.25) is 0 Å². The van der Waals surface area contributed by atoms with Crippen LogP contribution in [0.4, 0.5) is 4.39 Å². The average Bonchev–Trinajstić information content (AvgIpc) is 2.84. The van der Waals surface area contributed by atoms with Gasteiger partial charge in [-0.3, -0.25) is 0 Å². The monoisotopic (exact) mass is 242 g/mol. The van der Waals surface area contributed by atoms with Crippen LogP contribution < -0.4 is 4.74 Å². The van der Waals surface area contributed by atoms with Crippen molar-refractivity contribution < 1.29 is 9.13 Å². The highest BCUT2D eigenvalue weighted by Gasteiger charge is 2.10. The van der Waals surface area contributed by atoms with Crippen LogP contribution in [0.15, 0.2) is 42.5 Å². The predicted molar refractivity (Wildman–Crippen MR) is 69.2 cm³/mol. The van der Waals surface area contributed by atoms with Crippen LogP contribution in [0.1, 0.15) is 23.1 Å². The van der Waals surface area contributed by atoms with Crippen molar-refractivity contribution in [3.05, 3.63) is 65.0 Å². The van der Waals surface area contributed by atoms with Gasteiger partial charge in [-0.2, -0.15) is 0 Å². The van der Waals surface area contributed by atoms with Crippen LogP contribution in [0.25, 0.3) is 0 Å². The zero-order valence-corrected chi connectivity index (χ0v) is 10.2. The van der Waals surface area contributed by atoms with E-state index in [4.69, 9.17) is 4.74 Å². The number of benzene rings is 2. The Morgan fingerprint density at radius 3 is 2.78 bits per heavy atom. The molecule has 2 aromatic carbocycles. The van der Waals surface area contributed by atoms with Gasteiger partial charge in [0.25, 0.3) is 0 Å². The molecule has 18 heavy (non-hydrogen) atoms. The number of fused-ring (bicyclic) bond motifs is 1. The Balaban J connectivity index is 1.70. The third-order valence-electron chi connectivity index (χ3n) is 3.36. The summed E-state index contributed by atoms with van der Waals surface area (Å²) in [5, 5.41) is 0. The molecule has 1 aliphatic carbocycles. The first-order chi connectivity index (χ1) is 8.81. The van der Waals surface area contributed by atoms with Gasteiger partial charge in [-0.25, -0.2) is 4.39 Å². The largest absolute Gasteiger partial charge is 0.489 e. The van der Waals surface area contributed by atoms with Gasteiger partial charge in [0.15, 0.2) is 0 Å². The van der Waals surface area contributed by atoms with Crippen LogP contribution in [0.5, 0.6) is 5.75 Å². The van der Waals surface area contributed by atoms with E-state index in [0.717, 1.165) is 5.56 Å². The maximum absolute atomic E-state index is 13.0. The Kier molecular flexibility index (Phi) is 3.01. The van der Waals surface area contributed by atoms with Crippen LogP contribution >= 0.6 is 0 Å². The van der Waals surface area contributed by atoms with Crippen molar-refractivity contribution in [2.24, 2.45) is 0 Å². The quantitative estimate of drug-likeness (QED) is 0.793. The van der Waals surface area contributed by atoms with E-state index in [1.165, 1.54) is 42.5 Å². The summed E-state index contributed by atoms with van der Waals surface area (Å²) in [6.45, 7) is 0.497. The lowest BCUT2D eigenvalue weighted by Crippen LogP contribution is -1.97. The Bertz CT molecular complexity index is 563. The molecule has 0 spiro atoms. The highest BCUT2D eigenvalue weighted by molar-refractivity contribution is 5.35. The van der Waals surface area contributed by atoms with E-state index < -0.39 is 0 Å². The molecule has 1 aliphatic rings. The molecular weight excluding hydrogens is 227 g/mol. The molecule has 0 radical (unpaired) electrons. The third kappa shape index (κ3) is 2.37. The van der Waals surface area contributed by atoms with Gasteiger partial charge in [0.1, 0.15) is 18.2 Å². The molecule has 0 bridgehead atoms. The lowest BCUT2D eigenvalue weighted by molar-refractivity contribution is 0.304. The van der Waals surface area contributed by atoms with Crippen LogP contribution in [0, 0.1) is 5.82 Å². The number of hydrogen-bond acceptors (Lipinski definition) is 1. The summed E-state index contributed by atoms with van der Waals surface area (Å²) in [4.78, 5) is 0. The van der Waals surface area contributed by atoms with Gasteiger partial charge in [0.05, 0.1) is 0 Å². The second kappa shape index (κ2) is 4.81. The molecule has 2 aromatic rings. The first-order valence-electron chi connectivity index (χ1n) is 6.30. The summed E-state index contributed by atoms with van der Waals surface area (Å²) in [5.74, 6) is 0.317. The van der Waals surface area contributed by atoms with Crippen molar-refractivity contribution >= 4 is 0 Å². The highest BCUT2D eigenvalue weighted by Crippen LogP contribution is 2.23. The fraction of sp³-hybridized carbons (Fsp3) is 0.250. The van der Waals surface area contributed by atoms with Crippen molar-refractivity contribution in [3.8, 4) is 5.75 Å². The van der Waals surface area contributed by atoms with E-state index in [9.17, 15) is 4.39 Å². The minimum absolute atomic E-state index is 0.263. The van der Waals surface area contributed by atoms with Crippen LogP contribution in [0.3, 0.4) is 0 Å². The highest BCUT2D eigenvalue weighted by atomic mass is 19.1. The van der Waals surface area contributed by atoms with Crippen molar-refractivity contribution in [2.75, 3.05) is 0 Å². The van der Waals surface area contributed by atoms with E-state index in [1.807, 2.05) is 0 Å². The second-order valence-electron chi connectivity index (χ2n) is 4.70. The lowest BCUT2D eigenvalue weighted by Gasteiger charge is -2.08. The minimum Gasteiger partial charge on any atom is -0.489 e. The summed E-state index contributed by atoms with van der Waals surface area (Å²) in [7, 11) is 0. The number of rotatable bonds is 3. The van der Waals surface area contributed by atoms with Gasteiger partial charge in [-0.15, -0.1) is 0 Å². The molecule has 92 valence electrons. The fourth-order valence-electron chi connectivity index (χ4n) is 2.44. The van der Waals surface area contributed by atoms with Gasteiger partial charge in [-0.1, -0.05) is 24.3 Å². The van der Waals surface area contributed by atoms with Crippen molar-refractivity contribution in [3.63, 3.8) is 0 Å². The van der Waals surface area contributed by atoms with Crippen molar-refractivity contribution in [1.29, 1.82) is 0 Å². The van der Waals surface area contributed by atoms with Crippen molar-refractivity contribution in [2.45, 2.75) is 25.9 Å². The molecule has 0 saturated heterocycles. The summed E-state index contributed by atoms with van der Waals surface area (Å²) in [6, 6.07) is 12.8. The molecule has 3 rings (SSSR count). The molecule has 0 unspecified atom stereocenters. The third-order valence-corrected chi connectivity index (χ3v) is 3.36. The first-order valence-corrected chi connectivity index (χ1v) is 6.30. The molecular formula is C16H15FO. The van der Waals surface area contributed by atoms with Gasteiger partial charge >= 0.3 is 0 Å². The fourth-order valence-corrected chi connectivity index (χ4v) is 2.44. The lowest BCUT2D eigenvalue weighted by atomic mass is 10.1. The van der Waals surface area contributed by atoms with Crippen LogP contribution in [0.2, 0.25) is 0 Å². The van der Waals surface area contributed by atoms with E-state index in [2.05, 4.69) is 18.2 Å². The van der Waals surface area contributed by atoms with E-state index in [1.54, 1.807) is 12.1 Å². The number of ether oxygens (including phenoxy) is 1. The molecule has 0 saturated carbocycles. The minimum atomic E-state index is -0.263. The molecule has 1 nitrogen and oxygen atoms in total. The number of aryl methyl sites for hydroxylation is 2. The molecule has 0 aliphatic heterocycles.